The molecule has 0 saturated carbocycles. The molecule has 3 aromatic carbocycles. The molecule has 13 heteroatoms. The number of hydrogen-bond donors (Lipinski definition) is 1. The summed E-state index contributed by atoms with van der Waals surface area (Å²) in [6, 6.07) is 10.8. The van der Waals surface area contributed by atoms with Crippen molar-refractivity contribution in [3.63, 3.8) is 0 Å². The number of carbonyl (C=O) groups excluding carboxylic acids is 3. The predicted octanol–water partition coefficient (Wildman–Crippen LogP) is 4.96. The van der Waals surface area contributed by atoms with Crippen LogP contribution in [0.1, 0.15) is 40.9 Å². The maximum atomic E-state index is 15.1. The van der Waals surface area contributed by atoms with Crippen LogP contribution in [0.15, 0.2) is 54.7 Å². The van der Waals surface area contributed by atoms with Crippen LogP contribution in [0, 0.1) is 11.6 Å². The van der Waals surface area contributed by atoms with Gasteiger partial charge in [0.25, 0.3) is 0 Å². The summed E-state index contributed by atoms with van der Waals surface area (Å²) in [5.41, 5.74) is -0.341. The lowest BCUT2D eigenvalue weighted by Crippen LogP contribution is -2.37. The molecule has 45 heavy (non-hydrogen) atoms. The number of rotatable bonds is 11. The average Bonchev–Trinajstić information content (AvgIpc) is 3.59. The maximum absolute atomic E-state index is 15.1. The third-order valence-corrected chi connectivity index (χ3v) is 8.25. The van der Waals surface area contributed by atoms with E-state index in [-0.39, 0.29) is 30.9 Å². The van der Waals surface area contributed by atoms with Gasteiger partial charge in [0.15, 0.2) is 33.8 Å². The van der Waals surface area contributed by atoms with E-state index in [1.54, 1.807) is 38.1 Å². The molecular formula is C32H29F2NO9S. The fourth-order valence-electron chi connectivity index (χ4n) is 5.17. The second-order valence-electron chi connectivity index (χ2n) is 10.8. The zero-order chi connectivity index (χ0) is 32.5. The highest BCUT2D eigenvalue weighted by Crippen LogP contribution is 2.42. The van der Waals surface area contributed by atoms with E-state index in [0.717, 1.165) is 30.5 Å². The number of hydrogen-bond acceptors (Lipinski definition) is 9. The lowest BCUT2D eigenvalue weighted by atomic mass is 9.80. The molecule has 4 aromatic rings. The molecule has 0 fully saturated rings. The molecule has 1 unspecified atom stereocenters. The second kappa shape index (κ2) is 12.3. The van der Waals surface area contributed by atoms with E-state index in [1.165, 1.54) is 6.20 Å². The van der Waals surface area contributed by atoms with Crippen molar-refractivity contribution in [1.29, 1.82) is 0 Å². The topological polar surface area (TPSA) is 138 Å². The van der Waals surface area contributed by atoms with E-state index in [4.69, 9.17) is 18.9 Å². The highest BCUT2D eigenvalue weighted by molar-refractivity contribution is 7.89. The van der Waals surface area contributed by atoms with Crippen molar-refractivity contribution in [2.45, 2.75) is 31.4 Å². The molecule has 1 N–H and O–H groups in total. The number of benzene rings is 3. The zero-order valence-electron chi connectivity index (χ0n) is 24.6. The molecule has 10 nitrogen and oxygen atoms in total. The van der Waals surface area contributed by atoms with Gasteiger partial charge in [-0.2, -0.15) is 0 Å². The van der Waals surface area contributed by atoms with Gasteiger partial charge in [0.05, 0.1) is 29.8 Å². The first-order valence-corrected chi connectivity index (χ1v) is 15.9. The number of aromatic nitrogens is 1. The molecule has 0 spiro atoms. The Morgan fingerprint density at radius 2 is 1.82 bits per heavy atom. The van der Waals surface area contributed by atoms with Crippen molar-refractivity contribution >= 4 is 38.5 Å². The summed E-state index contributed by atoms with van der Waals surface area (Å²) in [6.07, 6.45) is 2.46. The van der Waals surface area contributed by atoms with Gasteiger partial charge >= 0.3 is 11.9 Å². The van der Waals surface area contributed by atoms with Crippen molar-refractivity contribution in [2.24, 2.45) is 0 Å². The number of H-pyrrole nitrogens is 1. The number of ether oxygens (including phenoxy) is 4. The molecule has 0 amide bonds. The van der Waals surface area contributed by atoms with Crippen LogP contribution in [-0.4, -0.2) is 57.2 Å². The molecule has 0 bridgehead atoms. The Balaban J connectivity index is 1.34. The van der Waals surface area contributed by atoms with Crippen LogP contribution >= 0.6 is 0 Å². The molecular weight excluding hydrogens is 612 g/mol. The van der Waals surface area contributed by atoms with Crippen molar-refractivity contribution in [3.05, 3.63) is 88.6 Å². The number of fused-ring (bicyclic) bond motifs is 2. The van der Waals surface area contributed by atoms with Crippen molar-refractivity contribution in [3.8, 4) is 17.2 Å². The van der Waals surface area contributed by atoms with E-state index in [2.05, 4.69) is 4.98 Å². The maximum Gasteiger partial charge on any atom is 0.341 e. The van der Waals surface area contributed by atoms with E-state index >= 15 is 4.39 Å². The third-order valence-electron chi connectivity index (χ3n) is 7.44. The first kappa shape index (κ1) is 31.6. The summed E-state index contributed by atoms with van der Waals surface area (Å²) in [4.78, 5) is 41.1. The molecule has 2 heterocycles. The summed E-state index contributed by atoms with van der Waals surface area (Å²) < 4.78 is 75.7. The van der Waals surface area contributed by atoms with Crippen LogP contribution in [0.3, 0.4) is 0 Å². The Hall–Kier alpha value is -4.78. The SMILES string of the molecule is CCOC(=O)Cc1cccc2c1OCC2(C)C(=O)COC(=O)c1cc(Oc2c(F)cc3[nH]ccc3c2CS(C)(=O)=O)ccc1F. The highest BCUT2D eigenvalue weighted by Gasteiger charge is 2.44. The minimum Gasteiger partial charge on any atom is -0.492 e. The van der Waals surface area contributed by atoms with Crippen molar-refractivity contribution in [1.82, 2.24) is 4.98 Å². The minimum atomic E-state index is -3.62. The number of ketones is 1. The number of esters is 2. The molecule has 0 radical (unpaired) electrons. The van der Waals surface area contributed by atoms with Crippen molar-refractivity contribution < 1.29 is 50.5 Å². The molecule has 1 aliphatic heterocycles. The predicted molar refractivity (Wildman–Crippen MR) is 158 cm³/mol. The van der Waals surface area contributed by atoms with Gasteiger partial charge in [-0.3, -0.25) is 9.59 Å². The summed E-state index contributed by atoms with van der Waals surface area (Å²) in [5.74, 6) is -4.74. The van der Waals surface area contributed by atoms with Crippen LogP contribution in [0.2, 0.25) is 0 Å². The van der Waals surface area contributed by atoms with Crippen LogP contribution < -0.4 is 9.47 Å². The Morgan fingerprint density at radius 3 is 2.56 bits per heavy atom. The number of carbonyl (C=O) groups is 3. The Kier molecular flexibility index (Phi) is 8.66. The highest BCUT2D eigenvalue weighted by atomic mass is 32.2. The van der Waals surface area contributed by atoms with Gasteiger partial charge in [-0.1, -0.05) is 18.2 Å². The van der Waals surface area contributed by atoms with E-state index in [0.29, 0.717) is 27.8 Å². The lowest BCUT2D eigenvalue weighted by molar-refractivity contribution is -0.142. The van der Waals surface area contributed by atoms with E-state index < -0.39 is 68.3 Å². The smallest absolute Gasteiger partial charge is 0.341 e. The molecule has 1 aliphatic rings. The van der Waals surface area contributed by atoms with Crippen LogP contribution in [0.4, 0.5) is 8.78 Å². The first-order chi connectivity index (χ1) is 21.3. The summed E-state index contributed by atoms with van der Waals surface area (Å²) in [6.45, 7) is 2.74. The van der Waals surface area contributed by atoms with Crippen molar-refractivity contribution in [2.75, 3.05) is 26.1 Å². The molecule has 236 valence electrons. The Bertz CT molecular complexity index is 1940. The third kappa shape index (κ3) is 6.53. The number of halogens is 2. The number of Topliss-reactive ketones (excluding diaryl/α,β-unsaturated/α-hetero) is 1. The number of sulfone groups is 1. The standard InChI is InChI=1S/C32H29F2NO9S/c1-4-41-28(37)12-18-6-5-7-23-29(18)43-17-32(23,2)27(36)15-42-31(38)21-13-19(8-9-24(21)33)44-30-22(16-45(3,39)40)20-10-11-35-26(20)14-25(30)34/h5-11,13-14,35H,4,12,15-17H2,1-3H3. The van der Waals surface area contributed by atoms with Gasteiger partial charge < -0.3 is 23.9 Å². The molecule has 0 aliphatic carbocycles. The van der Waals surface area contributed by atoms with Crippen LogP contribution in [-0.2, 0) is 46.5 Å². The average molecular weight is 642 g/mol. The Labute approximate surface area is 257 Å². The molecule has 1 atom stereocenters. The second-order valence-corrected chi connectivity index (χ2v) is 13.0. The van der Waals surface area contributed by atoms with E-state index in [9.17, 15) is 27.2 Å². The summed E-state index contributed by atoms with van der Waals surface area (Å²) in [7, 11) is -3.62. The van der Waals surface area contributed by atoms with Gasteiger partial charge in [0.1, 0.15) is 23.9 Å². The van der Waals surface area contributed by atoms with Gasteiger partial charge in [-0.15, -0.1) is 0 Å². The van der Waals surface area contributed by atoms with Gasteiger partial charge in [0.2, 0.25) is 0 Å². The van der Waals surface area contributed by atoms with Gasteiger partial charge in [0, 0.05) is 46.1 Å². The number of nitrogens with one attached hydrogen (secondary N) is 1. The molecule has 0 saturated heterocycles. The minimum absolute atomic E-state index is 0.0468. The molecule has 5 rings (SSSR count). The van der Waals surface area contributed by atoms with Gasteiger partial charge in [-0.25, -0.2) is 22.0 Å². The number of para-hydroxylation sites is 1. The summed E-state index contributed by atoms with van der Waals surface area (Å²) in [5, 5.41) is 0.413. The van der Waals surface area contributed by atoms with E-state index in [1.807, 2.05) is 0 Å². The number of aromatic amines is 1. The fourth-order valence-corrected chi connectivity index (χ4v) is 5.98. The van der Waals surface area contributed by atoms with Crippen LogP contribution in [0.25, 0.3) is 10.9 Å². The monoisotopic (exact) mass is 641 g/mol. The molecule has 1 aromatic heterocycles. The van der Waals surface area contributed by atoms with Crippen LogP contribution in [0.5, 0.6) is 17.2 Å². The zero-order valence-corrected chi connectivity index (χ0v) is 25.4. The quantitative estimate of drug-likeness (QED) is 0.225. The fraction of sp³-hybridized carbons (Fsp3) is 0.281. The normalized spacial score (nSPS) is 15.8. The first-order valence-electron chi connectivity index (χ1n) is 13.9. The summed E-state index contributed by atoms with van der Waals surface area (Å²) >= 11 is 0. The van der Waals surface area contributed by atoms with Gasteiger partial charge in [-0.05, 0) is 38.1 Å². The Morgan fingerprint density at radius 1 is 1.04 bits per heavy atom. The lowest BCUT2D eigenvalue weighted by Gasteiger charge is -2.21. The largest absolute Gasteiger partial charge is 0.492 e.